The van der Waals surface area contributed by atoms with Gasteiger partial charge in [-0.3, -0.25) is 9.59 Å². The molecule has 1 aromatic heterocycles. The number of aromatic nitrogens is 1. The van der Waals surface area contributed by atoms with Gasteiger partial charge in [-0.2, -0.15) is 0 Å². The van der Waals surface area contributed by atoms with Gasteiger partial charge in [-0.15, -0.1) is 0 Å². The molecule has 0 saturated carbocycles. The molecular weight excluding hydrogens is 242 g/mol. The van der Waals surface area contributed by atoms with Gasteiger partial charge in [0.2, 0.25) is 0 Å². The zero-order valence-corrected chi connectivity index (χ0v) is 10.5. The van der Waals surface area contributed by atoms with Crippen molar-refractivity contribution in [2.45, 2.75) is 12.5 Å². The number of aryl methyl sites for hydroxylation is 1. The van der Waals surface area contributed by atoms with Crippen molar-refractivity contribution in [3.63, 3.8) is 0 Å². The van der Waals surface area contributed by atoms with E-state index in [2.05, 4.69) is 0 Å². The van der Waals surface area contributed by atoms with Gasteiger partial charge in [0.15, 0.2) is 5.78 Å². The van der Waals surface area contributed by atoms with E-state index in [-0.39, 0.29) is 23.9 Å². The van der Waals surface area contributed by atoms with Gasteiger partial charge in [0.05, 0.1) is 18.2 Å². The van der Waals surface area contributed by atoms with Crippen LogP contribution in [0.2, 0.25) is 0 Å². The number of benzene rings is 1. The van der Waals surface area contributed by atoms with Crippen molar-refractivity contribution in [3.05, 3.63) is 58.6 Å². The number of pyridine rings is 1. The van der Waals surface area contributed by atoms with Crippen LogP contribution in [-0.4, -0.2) is 10.4 Å². The molecule has 1 atom stereocenters. The van der Waals surface area contributed by atoms with Crippen LogP contribution in [0.25, 0.3) is 10.9 Å². The van der Waals surface area contributed by atoms with Gasteiger partial charge in [0, 0.05) is 30.1 Å². The standard InChI is InChI=1S/C15H13NO3/c1-16-13-5-3-2-4-11(13)12(9-15(16)18)14-8-10(17)6-7-19-14/h2-7,9,14H,8H2,1H3. The van der Waals surface area contributed by atoms with Crippen LogP contribution in [0.4, 0.5) is 0 Å². The molecule has 4 nitrogen and oxygen atoms in total. The van der Waals surface area contributed by atoms with E-state index < -0.39 is 0 Å². The van der Waals surface area contributed by atoms with Gasteiger partial charge in [-0.05, 0) is 6.07 Å². The summed E-state index contributed by atoms with van der Waals surface area (Å²) in [5, 5.41) is 0.942. The number of hydrogen-bond donors (Lipinski definition) is 0. The summed E-state index contributed by atoms with van der Waals surface area (Å²) in [7, 11) is 1.74. The summed E-state index contributed by atoms with van der Waals surface area (Å²) in [6, 6.07) is 9.19. The summed E-state index contributed by atoms with van der Waals surface area (Å²) in [4.78, 5) is 23.5. The molecule has 19 heavy (non-hydrogen) atoms. The predicted molar refractivity (Wildman–Crippen MR) is 71.8 cm³/mol. The molecule has 0 aliphatic carbocycles. The average Bonchev–Trinajstić information content (AvgIpc) is 2.43. The molecule has 2 heterocycles. The molecular formula is C15H13NO3. The highest BCUT2D eigenvalue weighted by Gasteiger charge is 2.22. The lowest BCUT2D eigenvalue weighted by molar-refractivity contribution is -0.118. The van der Waals surface area contributed by atoms with Crippen LogP contribution in [0.5, 0.6) is 0 Å². The lowest BCUT2D eigenvalue weighted by atomic mass is 9.99. The Balaban J connectivity index is 2.24. The Kier molecular flexibility index (Phi) is 2.71. The fourth-order valence-corrected chi connectivity index (χ4v) is 2.40. The smallest absolute Gasteiger partial charge is 0.251 e. The summed E-state index contributed by atoms with van der Waals surface area (Å²) >= 11 is 0. The van der Waals surface area contributed by atoms with Crippen LogP contribution in [0.15, 0.2) is 47.5 Å². The van der Waals surface area contributed by atoms with Gasteiger partial charge in [0.25, 0.3) is 5.56 Å². The number of nitrogens with zero attached hydrogens (tertiary/aromatic N) is 1. The van der Waals surface area contributed by atoms with Gasteiger partial charge < -0.3 is 9.30 Å². The molecule has 1 unspecified atom stereocenters. The maximum atomic E-state index is 12.0. The summed E-state index contributed by atoms with van der Waals surface area (Å²) in [6.07, 6.45) is 2.71. The molecule has 1 aliphatic heterocycles. The minimum atomic E-state index is -0.378. The third-order valence-electron chi connectivity index (χ3n) is 3.42. The molecule has 1 aliphatic rings. The maximum Gasteiger partial charge on any atom is 0.251 e. The molecule has 0 bridgehead atoms. The highest BCUT2D eigenvalue weighted by atomic mass is 16.5. The summed E-state index contributed by atoms with van der Waals surface area (Å²) in [5.74, 6) is 0.0148. The first kappa shape index (κ1) is 11.7. The van der Waals surface area contributed by atoms with Gasteiger partial charge in [-0.1, -0.05) is 18.2 Å². The number of para-hydroxylation sites is 1. The quantitative estimate of drug-likeness (QED) is 0.784. The maximum absolute atomic E-state index is 12.0. The lowest BCUT2D eigenvalue weighted by Crippen LogP contribution is -2.20. The number of carbonyl (C=O) groups excluding carboxylic acids is 1. The topological polar surface area (TPSA) is 48.3 Å². The van der Waals surface area contributed by atoms with Crippen molar-refractivity contribution in [1.29, 1.82) is 0 Å². The van der Waals surface area contributed by atoms with E-state index in [4.69, 9.17) is 4.74 Å². The second kappa shape index (κ2) is 4.39. The fourth-order valence-electron chi connectivity index (χ4n) is 2.40. The molecule has 0 radical (unpaired) electrons. The minimum absolute atomic E-state index is 0.0148. The highest BCUT2D eigenvalue weighted by molar-refractivity contribution is 5.91. The molecule has 2 aromatic rings. The zero-order valence-electron chi connectivity index (χ0n) is 10.5. The van der Waals surface area contributed by atoms with E-state index in [0.29, 0.717) is 0 Å². The van der Waals surface area contributed by atoms with Crippen LogP contribution in [0, 0.1) is 0 Å². The highest BCUT2D eigenvalue weighted by Crippen LogP contribution is 2.29. The van der Waals surface area contributed by atoms with E-state index >= 15 is 0 Å². The van der Waals surface area contributed by atoms with Crippen LogP contribution in [0.3, 0.4) is 0 Å². The van der Waals surface area contributed by atoms with E-state index in [1.807, 2.05) is 24.3 Å². The van der Waals surface area contributed by atoms with E-state index in [1.54, 1.807) is 17.7 Å². The third-order valence-corrected chi connectivity index (χ3v) is 3.42. The Morgan fingerprint density at radius 2 is 2.05 bits per heavy atom. The fraction of sp³-hybridized carbons (Fsp3) is 0.200. The van der Waals surface area contributed by atoms with Crippen molar-refractivity contribution in [3.8, 4) is 0 Å². The minimum Gasteiger partial charge on any atom is -0.493 e. The number of fused-ring (bicyclic) bond motifs is 1. The molecule has 4 heteroatoms. The van der Waals surface area contributed by atoms with Crippen LogP contribution in [-0.2, 0) is 16.6 Å². The normalized spacial score (nSPS) is 18.6. The number of carbonyl (C=O) groups is 1. The Labute approximate surface area is 109 Å². The molecule has 96 valence electrons. The van der Waals surface area contributed by atoms with Gasteiger partial charge in [0.1, 0.15) is 6.10 Å². The van der Waals surface area contributed by atoms with E-state index in [0.717, 1.165) is 16.5 Å². The SMILES string of the molecule is Cn1c(=O)cc(C2CC(=O)C=CO2)c2ccccc21. The van der Waals surface area contributed by atoms with E-state index in [9.17, 15) is 9.59 Å². The molecule has 0 spiro atoms. The van der Waals surface area contributed by atoms with Crippen molar-refractivity contribution in [2.24, 2.45) is 7.05 Å². The van der Waals surface area contributed by atoms with Gasteiger partial charge >= 0.3 is 0 Å². The van der Waals surface area contributed by atoms with Crippen LogP contribution in [0.1, 0.15) is 18.1 Å². The van der Waals surface area contributed by atoms with Gasteiger partial charge in [-0.25, -0.2) is 0 Å². The molecule has 0 fully saturated rings. The van der Waals surface area contributed by atoms with Crippen molar-refractivity contribution < 1.29 is 9.53 Å². The second-order valence-corrected chi connectivity index (χ2v) is 4.61. The van der Waals surface area contributed by atoms with Crippen molar-refractivity contribution in [1.82, 2.24) is 4.57 Å². The first-order valence-electron chi connectivity index (χ1n) is 6.10. The Morgan fingerprint density at radius 3 is 2.84 bits per heavy atom. The number of ketones is 1. The summed E-state index contributed by atoms with van der Waals surface area (Å²) < 4.78 is 7.08. The predicted octanol–water partition coefficient (Wildman–Crippen LogP) is 2.08. The monoisotopic (exact) mass is 255 g/mol. The van der Waals surface area contributed by atoms with Crippen molar-refractivity contribution in [2.75, 3.05) is 0 Å². The largest absolute Gasteiger partial charge is 0.493 e. The summed E-state index contributed by atoms with van der Waals surface area (Å²) in [5.41, 5.74) is 1.52. The molecule has 1 aromatic carbocycles. The molecule has 0 N–H and O–H groups in total. The lowest BCUT2D eigenvalue weighted by Gasteiger charge is -2.21. The van der Waals surface area contributed by atoms with Crippen LogP contribution < -0.4 is 5.56 Å². The number of allylic oxidation sites excluding steroid dienone is 1. The Bertz CT molecular complexity index is 743. The molecule has 3 rings (SSSR count). The third kappa shape index (κ3) is 1.95. The number of rotatable bonds is 1. The first-order chi connectivity index (χ1) is 9.16. The second-order valence-electron chi connectivity index (χ2n) is 4.61. The first-order valence-corrected chi connectivity index (χ1v) is 6.10. The molecule has 0 saturated heterocycles. The Hall–Kier alpha value is -2.36. The number of ether oxygens (including phenoxy) is 1. The van der Waals surface area contributed by atoms with Crippen molar-refractivity contribution >= 4 is 16.7 Å². The summed E-state index contributed by atoms with van der Waals surface area (Å²) in [6.45, 7) is 0. The Morgan fingerprint density at radius 1 is 1.26 bits per heavy atom. The zero-order chi connectivity index (χ0) is 13.4. The average molecular weight is 255 g/mol. The number of hydrogen-bond acceptors (Lipinski definition) is 3. The molecule has 0 amide bonds. The van der Waals surface area contributed by atoms with E-state index in [1.165, 1.54) is 12.3 Å². The van der Waals surface area contributed by atoms with Crippen LogP contribution >= 0.6 is 0 Å².